The molecule has 0 saturated heterocycles. The molecule has 78 valence electrons. The van der Waals surface area contributed by atoms with E-state index in [1.807, 2.05) is 37.5 Å². The van der Waals surface area contributed by atoms with Crippen molar-refractivity contribution in [2.45, 2.75) is 0 Å². The van der Waals surface area contributed by atoms with Gasteiger partial charge < -0.3 is 4.57 Å². The third kappa shape index (κ3) is 1.08. The Bertz CT molecular complexity index is 698. The van der Waals surface area contributed by atoms with E-state index in [1.165, 1.54) is 5.39 Å². The number of pyridine rings is 1. The minimum absolute atomic E-state index is 0.700. The van der Waals surface area contributed by atoms with Crippen molar-refractivity contribution in [3.63, 3.8) is 0 Å². The van der Waals surface area contributed by atoms with Gasteiger partial charge in [0, 0.05) is 35.1 Å². The average molecular weight is 210 g/mol. The summed E-state index contributed by atoms with van der Waals surface area (Å²) in [5.41, 5.74) is 2.85. The summed E-state index contributed by atoms with van der Waals surface area (Å²) < 4.78 is 2.06. The van der Waals surface area contributed by atoms with E-state index in [4.69, 9.17) is 0 Å². The molecule has 3 aromatic rings. The van der Waals surface area contributed by atoms with Gasteiger partial charge in [-0.2, -0.15) is 0 Å². The maximum absolute atomic E-state index is 10.8. The molecule has 0 saturated carbocycles. The Hall–Kier alpha value is -2.16. The standard InChI is InChI=1S/C13H10N2O/c1-15-12-6-9(8-16)2-3-10(12)11-4-5-14-7-13(11)15/h2-8H,1H3. The molecule has 3 rings (SSSR count). The highest BCUT2D eigenvalue weighted by atomic mass is 16.1. The summed E-state index contributed by atoms with van der Waals surface area (Å²) in [5, 5.41) is 2.33. The molecule has 0 aliphatic rings. The zero-order valence-electron chi connectivity index (χ0n) is 8.84. The first-order valence-corrected chi connectivity index (χ1v) is 5.08. The molecule has 1 aromatic carbocycles. The highest BCUT2D eigenvalue weighted by molar-refractivity contribution is 6.08. The van der Waals surface area contributed by atoms with E-state index in [9.17, 15) is 4.79 Å². The molecule has 0 radical (unpaired) electrons. The maximum atomic E-state index is 10.8. The van der Waals surface area contributed by atoms with Gasteiger partial charge in [0.15, 0.2) is 0 Å². The van der Waals surface area contributed by atoms with Gasteiger partial charge in [-0.3, -0.25) is 9.78 Å². The minimum atomic E-state index is 0.700. The van der Waals surface area contributed by atoms with Gasteiger partial charge in [0.05, 0.1) is 11.7 Å². The second-order valence-corrected chi connectivity index (χ2v) is 3.85. The highest BCUT2D eigenvalue weighted by Gasteiger charge is 2.07. The largest absolute Gasteiger partial charge is 0.342 e. The third-order valence-corrected chi connectivity index (χ3v) is 2.97. The summed E-state index contributed by atoms with van der Waals surface area (Å²) >= 11 is 0. The van der Waals surface area contributed by atoms with E-state index in [1.54, 1.807) is 6.20 Å². The number of aldehydes is 1. The van der Waals surface area contributed by atoms with Crippen LogP contribution >= 0.6 is 0 Å². The van der Waals surface area contributed by atoms with Crippen molar-refractivity contribution in [1.29, 1.82) is 0 Å². The molecule has 0 fully saturated rings. The van der Waals surface area contributed by atoms with Crippen LogP contribution in [0.2, 0.25) is 0 Å². The van der Waals surface area contributed by atoms with Crippen molar-refractivity contribution in [3.8, 4) is 0 Å². The Morgan fingerprint density at radius 1 is 1.19 bits per heavy atom. The van der Waals surface area contributed by atoms with Crippen LogP contribution in [0.15, 0.2) is 36.7 Å². The van der Waals surface area contributed by atoms with Crippen molar-refractivity contribution in [2.24, 2.45) is 7.05 Å². The number of aromatic nitrogens is 2. The van der Waals surface area contributed by atoms with Crippen LogP contribution in [0.5, 0.6) is 0 Å². The van der Waals surface area contributed by atoms with E-state index in [-0.39, 0.29) is 0 Å². The predicted molar refractivity (Wildman–Crippen MR) is 63.6 cm³/mol. The molecule has 0 aliphatic carbocycles. The smallest absolute Gasteiger partial charge is 0.150 e. The van der Waals surface area contributed by atoms with Crippen LogP contribution in [-0.2, 0) is 7.05 Å². The maximum Gasteiger partial charge on any atom is 0.150 e. The quantitative estimate of drug-likeness (QED) is 0.578. The second-order valence-electron chi connectivity index (χ2n) is 3.85. The summed E-state index contributed by atoms with van der Waals surface area (Å²) in [6.45, 7) is 0. The average Bonchev–Trinajstić information content (AvgIpc) is 2.64. The van der Waals surface area contributed by atoms with E-state index in [2.05, 4.69) is 9.55 Å². The molecule has 16 heavy (non-hydrogen) atoms. The normalized spacial score (nSPS) is 11.1. The van der Waals surface area contributed by atoms with Gasteiger partial charge in [-0.15, -0.1) is 0 Å². The number of aryl methyl sites for hydroxylation is 1. The Kier molecular flexibility index (Phi) is 1.80. The van der Waals surface area contributed by atoms with Crippen molar-refractivity contribution in [2.75, 3.05) is 0 Å². The number of carbonyl (C=O) groups is 1. The van der Waals surface area contributed by atoms with Gasteiger partial charge in [0.1, 0.15) is 6.29 Å². The lowest BCUT2D eigenvalue weighted by Gasteiger charge is -1.97. The number of benzene rings is 1. The number of nitrogens with zero attached hydrogens (tertiary/aromatic N) is 2. The van der Waals surface area contributed by atoms with Crippen LogP contribution in [0.3, 0.4) is 0 Å². The fraction of sp³-hybridized carbons (Fsp3) is 0.0769. The van der Waals surface area contributed by atoms with Crippen molar-refractivity contribution >= 4 is 28.1 Å². The number of carbonyl (C=O) groups excluding carboxylic acids is 1. The zero-order chi connectivity index (χ0) is 11.1. The van der Waals surface area contributed by atoms with Crippen LogP contribution in [-0.4, -0.2) is 15.8 Å². The molecule has 0 N–H and O–H groups in total. The number of rotatable bonds is 1. The van der Waals surface area contributed by atoms with Gasteiger partial charge in [-0.05, 0) is 12.1 Å². The SMILES string of the molecule is Cn1c2cnccc2c2ccc(C=O)cc21. The van der Waals surface area contributed by atoms with E-state index in [0.29, 0.717) is 5.56 Å². The Balaban J connectivity index is 2.55. The van der Waals surface area contributed by atoms with Crippen molar-refractivity contribution in [3.05, 3.63) is 42.2 Å². The summed E-state index contributed by atoms with van der Waals surface area (Å²) in [5.74, 6) is 0. The van der Waals surface area contributed by atoms with Crippen LogP contribution in [0, 0.1) is 0 Å². The first kappa shape index (κ1) is 9.09. The molecule has 0 amide bonds. The lowest BCUT2D eigenvalue weighted by atomic mass is 10.1. The topological polar surface area (TPSA) is 34.9 Å². The monoisotopic (exact) mass is 210 g/mol. The van der Waals surface area contributed by atoms with Crippen molar-refractivity contribution in [1.82, 2.24) is 9.55 Å². The van der Waals surface area contributed by atoms with Gasteiger partial charge in [0.2, 0.25) is 0 Å². The van der Waals surface area contributed by atoms with Crippen LogP contribution in [0.25, 0.3) is 21.8 Å². The van der Waals surface area contributed by atoms with E-state index < -0.39 is 0 Å². The van der Waals surface area contributed by atoms with Crippen molar-refractivity contribution < 1.29 is 4.79 Å². The molecule has 0 spiro atoms. The van der Waals surface area contributed by atoms with Gasteiger partial charge in [-0.25, -0.2) is 0 Å². The fourth-order valence-corrected chi connectivity index (χ4v) is 2.14. The first-order valence-electron chi connectivity index (χ1n) is 5.08. The number of hydrogen-bond acceptors (Lipinski definition) is 2. The molecular weight excluding hydrogens is 200 g/mol. The lowest BCUT2D eigenvalue weighted by molar-refractivity contribution is 0.112. The van der Waals surface area contributed by atoms with Crippen LogP contribution in [0.4, 0.5) is 0 Å². The third-order valence-electron chi connectivity index (χ3n) is 2.97. The van der Waals surface area contributed by atoms with E-state index >= 15 is 0 Å². The van der Waals surface area contributed by atoms with E-state index in [0.717, 1.165) is 22.7 Å². The molecule has 2 heterocycles. The molecule has 0 aliphatic heterocycles. The molecule has 3 nitrogen and oxygen atoms in total. The Morgan fingerprint density at radius 3 is 2.81 bits per heavy atom. The molecule has 2 aromatic heterocycles. The van der Waals surface area contributed by atoms with Crippen LogP contribution < -0.4 is 0 Å². The first-order chi connectivity index (χ1) is 7.81. The fourth-order valence-electron chi connectivity index (χ4n) is 2.14. The Labute approximate surface area is 92.3 Å². The molecule has 3 heteroatoms. The summed E-state index contributed by atoms with van der Waals surface area (Å²) in [4.78, 5) is 14.9. The molecule has 0 atom stereocenters. The predicted octanol–water partition coefficient (Wildman–Crippen LogP) is 2.54. The van der Waals surface area contributed by atoms with Gasteiger partial charge in [0.25, 0.3) is 0 Å². The molecule has 0 bridgehead atoms. The molecular formula is C13H10N2O. The van der Waals surface area contributed by atoms with Crippen LogP contribution in [0.1, 0.15) is 10.4 Å². The Morgan fingerprint density at radius 2 is 2.00 bits per heavy atom. The molecule has 0 unspecified atom stereocenters. The summed E-state index contributed by atoms with van der Waals surface area (Å²) in [7, 11) is 1.99. The second kappa shape index (κ2) is 3.17. The zero-order valence-corrected chi connectivity index (χ0v) is 8.84. The van der Waals surface area contributed by atoms with Gasteiger partial charge >= 0.3 is 0 Å². The summed E-state index contributed by atoms with van der Waals surface area (Å²) in [6.07, 6.45) is 4.50. The highest BCUT2D eigenvalue weighted by Crippen LogP contribution is 2.27. The van der Waals surface area contributed by atoms with Gasteiger partial charge in [-0.1, -0.05) is 12.1 Å². The lowest BCUT2D eigenvalue weighted by Crippen LogP contribution is -1.88. The minimum Gasteiger partial charge on any atom is -0.342 e. The summed E-state index contributed by atoms with van der Waals surface area (Å²) in [6, 6.07) is 7.73. The number of hydrogen-bond donors (Lipinski definition) is 0. The number of fused-ring (bicyclic) bond motifs is 3.